The summed E-state index contributed by atoms with van der Waals surface area (Å²) in [6.07, 6.45) is 2.80. The average molecular weight is 309 g/mol. The van der Waals surface area contributed by atoms with Gasteiger partial charge in [0.1, 0.15) is 5.75 Å². The summed E-state index contributed by atoms with van der Waals surface area (Å²) in [6.45, 7) is 4.05. The van der Waals surface area contributed by atoms with Crippen LogP contribution in [-0.4, -0.2) is 13.0 Å². The summed E-state index contributed by atoms with van der Waals surface area (Å²) >= 11 is 0. The van der Waals surface area contributed by atoms with Gasteiger partial charge in [-0.05, 0) is 43.9 Å². The summed E-state index contributed by atoms with van der Waals surface area (Å²) in [4.78, 5) is 13.1. The van der Waals surface area contributed by atoms with Gasteiger partial charge in [0.15, 0.2) is 0 Å². The van der Waals surface area contributed by atoms with Crippen LogP contribution in [0.4, 0.5) is 5.69 Å². The number of anilines is 1. The molecule has 0 aromatic heterocycles. The van der Waals surface area contributed by atoms with Crippen LogP contribution in [0.5, 0.6) is 5.75 Å². The summed E-state index contributed by atoms with van der Waals surface area (Å²) in [7, 11) is 1.66. The lowest BCUT2D eigenvalue weighted by Gasteiger charge is -2.41. The van der Waals surface area contributed by atoms with Crippen LogP contribution in [-0.2, 0) is 10.2 Å². The molecule has 1 aliphatic rings. The average Bonchev–Trinajstić information content (AvgIpc) is 2.50. The quantitative estimate of drug-likeness (QED) is 0.910. The minimum atomic E-state index is -0.471. The lowest BCUT2D eigenvalue weighted by atomic mass is 9.63. The zero-order valence-corrected chi connectivity index (χ0v) is 14.0. The molecular weight excluding hydrogens is 286 g/mol. The molecule has 0 radical (unpaired) electrons. The van der Waals surface area contributed by atoms with Crippen molar-refractivity contribution in [2.24, 2.45) is 0 Å². The van der Waals surface area contributed by atoms with Crippen molar-refractivity contribution < 1.29 is 9.53 Å². The number of ether oxygens (including phenoxy) is 1. The Morgan fingerprint density at radius 3 is 2.26 bits per heavy atom. The molecule has 2 aromatic rings. The van der Waals surface area contributed by atoms with Gasteiger partial charge in [-0.25, -0.2) is 0 Å². The van der Waals surface area contributed by atoms with Gasteiger partial charge in [0.05, 0.1) is 12.5 Å². The number of methoxy groups -OCH3 is 1. The number of benzene rings is 2. The van der Waals surface area contributed by atoms with E-state index in [1.807, 2.05) is 56.3 Å². The molecule has 2 aromatic carbocycles. The number of rotatable bonds is 4. The van der Waals surface area contributed by atoms with Crippen molar-refractivity contribution in [3.05, 3.63) is 59.2 Å². The van der Waals surface area contributed by atoms with Crippen LogP contribution in [0, 0.1) is 13.8 Å². The first-order valence-electron chi connectivity index (χ1n) is 8.09. The number of para-hydroxylation sites is 2. The molecule has 1 saturated carbocycles. The number of amides is 1. The molecule has 0 heterocycles. The molecule has 1 amide bonds. The van der Waals surface area contributed by atoms with Gasteiger partial charge in [-0.3, -0.25) is 4.79 Å². The molecule has 1 N–H and O–H groups in total. The highest BCUT2D eigenvalue weighted by Gasteiger charge is 2.47. The lowest BCUT2D eigenvalue weighted by molar-refractivity contribution is -0.124. The number of hydrogen-bond donors (Lipinski definition) is 1. The number of carbonyl (C=O) groups is 1. The van der Waals surface area contributed by atoms with E-state index in [0.717, 1.165) is 47.4 Å². The van der Waals surface area contributed by atoms with Gasteiger partial charge in [-0.2, -0.15) is 0 Å². The molecule has 0 spiro atoms. The van der Waals surface area contributed by atoms with E-state index in [4.69, 9.17) is 4.74 Å². The van der Waals surface area contributed by atoms with E-state index >= 15 is 0 Å². The van der Waals surface area contributed by atoms with Crippen molar-refractivity contribution in [2.45, 2.75) is 38.5 Å². The molecule has 0 atom stereocenters. The predicted molar refractivity (Wildman–Crippen MR) is 93.1 cm³/mol. The fraction of sp³-hybridized carbons (Fsp3) is 0.350. The monoisotopic (exact) mass is 309 g/mol. The lowest BCUT2D eigenvalue weighted by Crippen LogP contribution is -2.46. The summed E-state index contributed by atoms with van der Waals surface area (Å²) in [5, 5.41) is 3.18. The Kier molecular flexibility index (Phi) is 4.12. The predicted octanol–water partition coefficient (Wildman–Crippen LogP) is 4.37. The first-order valence-corrected chi connectivity index (χ1v) is 8.09. The van der Waals surface area contributed by atoms with E-state index in [1.165, 1.54) is 0 Å². The highest BCUT2D eigenvalue weighted by atomic mass is 16.5. The van der Waals surface area contributed by atoms with Gasteiger partial charge in [0, 0.05) is 11.3 Å². The smallest absolute Gasteiger partial charge is 0.235 e. The Bertz CT molecular complexity index is 712. The molecule has 1 aliphatic carbocycles. The summed E-state index contributed by atoms with van der Waals surface area (Å²) in [5.74, 6) is 0.870. The second-order valence-electron chi connectivity index (χ2n) is 6.36. The van der Waals surface area contributed by atoms with E-state index in [9.17, 15) is 4.79 Å². The highest BCUT2D eigenvalue weighted by molar-refractivity contribution is 6.01. The number of nitrogens with one attached hydrogen (secondary N) is 1. The molecule has 0 unspecified atom stereocenters. The summed E-state index contributed by atoms with van der Waals surface area (Å²) < 4.78 is 5.50. The topological polar surface area (TPSA) is 38.3 Å². The van der Waals surface area contributed by atoms with Crippen LogP contribution in [0.25, 0.3) is 0 Å². The maximum atomic E-state index is 13.1. The normalized spacial score (nSPS) is 15.6. The molecule has 0 aliphatic heterocycles. The van der Waals surface area contributed by atoms with Gasteiger partial charge in [-0.15, -0.1) is 0 Å². The van der Waals surface area contributed by atoms with Gasteiger partial charge >= 0.3 is 0 Å². The van der Waals surface area contributed by atoms with Crippen LogP contribution >= 0.6 is 0 Å². The first-order chi connectivity index (χ1) is 11.1. The Morgan fingerprint density at radius 1 is 1.04 bits per heavy atom. The van der Waals surface area contributed by atoms with Crippen LogP contribution in [0.2, 0.25) is 0 Å². The Labute approximate surface area is 137 Å². The van der Waals surface area contributed by atoms with Gasteiger partial charge in [-0.1, -0.05) is 42.8 Å². The molecule has 23 heavy (non-hydrogen) atoms. The van der Waals surface area contributed by atoms with Crippen LogP contribution in [0.15, 0.2) is 42.5 Å². The summed E-state index contributed by atoms with van der Waals surface area (Å²) in [6, 6.07) is 13.9. The van der Waals surface area contributed by atoms with E-state index in [-0.39, 0.29) is 5.91 Å². The third-order valence-corrected chi connectivity index (χ3v) is 4.98. The first kappa shape index (κ1) is 15.6. The SMILES string of the molecule is COc1ccccc1C1(C(=O)Nc2c(C)cccc2C)CCC1. The fourth-order valence-electron chi connectivity index (χ4n) is 3.43. The highest BCUT2D eigenvalue weighted by Crippen LogP contribution is 2.48. The van der Waals surface area contributed by atoms with Crippen molar-refractivity contribution in [1.82, 2.24) is 0 Å². The largest absolute Gasteiger partial charge is 0.496 e. The van der Waals surface area contributed by atoms with Crippen LogP contribution in [0.1, 0.15) is 36.0 Å². The zero-order valence-electron chi connectivity index (χ0n) is 14.0. The number of hydrogen-bond acceptors (Lipinski definition) is 2. The van der Waals surface area contributed by atoms with Gasteiger partial charge < -0.3 is 10.1 Å². The van der Waals surface area contributed by atoms with E-state index in [0.29, 0.717) is 0 Å². The molecule has 0 saturated heterocycles. The Morgan fingerprint density at radius 2 is 1.70 bits per heavy atom. The third-order valence-electron chi connectivity index (χ3n) is 4.98. The Balaban J connectivity index is 1.96. The Hall–Kier alpha value is -2.29. The van der Waals surface area contributed by atoms with E-state index < -0.39 is 5.41 Å². The molecule has 3 heteroatoms. The van der Waals surface area contributed by atoms with E-state index in [1.54, 1.807) is 7.11 Å². The van der Waals surface area contributed by atoms with Crippen molar-refractivity contribution in [3.63, 3.8) is 0 Å². The van der Waals surface area contributed by atoms with Crippen LogP contribution in [0.3, 0.4) is 0 Å². The molecule has 1 fully saturated rings. The standard InChI is InChI=1S/C20H23NO2/c1-14-8-6-9-15(2)18(14)21-19(22)20(12-7-13-20)16-10-4-5-11-17(16)23-3/h4-6,8-11H,7,12-13H2,1-3H3,(H,21,22). The van der Waals surface area contributed by atoms with Crippen molar-refractivity contribution in [3.8, 4) is 5.75 Å². The maximum absolute atomic E-state index is 13.1. The number of aryl methyl sites for hydroxylation is 2. The number of carbonyl (C=O) groups excluding carboxylic acids is 1. The van der Waals surface area contributed by atoms with Gasteiger partial charge in [0.25, 0.3) is 0 Å². The molecule has 120 valence electrons. The minimum Gasteiger partial charge on any atom is -0.496 e. The molecule has 3 rings (SSSR count). The van der Waals surface area contributed by atoms with Crippen molar-refractivity contribution in [2.75, 3.05) is 12.4 Å². The molecule has 3 nitrogen and oxygen atoms in total. The zero-order chi connectivity index (χ0) is 16.4. The third kappa shape index (κ3) is 2.61. The summed E-state index contributed by atoms with van der Waals surface area (Å²) in [5.41, 5.74) is 3.64. The minimum absolute atomic E-state index is 0.0747. The second-order valence-corrected chi connectivity index (χ2v) is 6.36. The van der Waals surface area contributed by atoms with Crippen molar-refractivity contribution >= 4 is 11.6 Å². The second kappa shape index (κ2) is 6.07. The van der Waals surface area contributed by atoms with Crippen LogP contribution < -0.4 is 10.1 Å². The fourth-order valence-corrected chi connectivity index (χ4v) is 3.43. The van der Waals surface area contributed by atoms with Gasteiger partial charge in [0.2, 0.25) is 5.91 Å². The maximum Gasteiger partial charge on any atom is 0.235 e. The molecule has 0 bridgehead atoms. The van der Waals surface area contributed by atoms with E-state index in [2.05, 4.69) is 5.32 Å². The molecular formula is C20H23NO2. The van der Waals surface area contributed by atoms with Crippen molar-refractivity contribution in [1.29, 1.82) is 0 Å².